The van der Waals surface area contributed by atoms with E-state index in [1.807, 2.05) is 31.3 Å². The lowest BCUT2D eigenvalue weighted by Gasteiger charge is -2.19. The van der Waals surface area contributed by atoms with E-state index in [4.69, 9.17) is 16.3 Å². The summed E-state index contributed by atoms with van der Waals surface area (Å²) in [5, 5.41) is 0.779. The second-order valence-electron chi connectivity index (χ2n) is 3.23. The van der Waals surface area contributed by atoms with Crippen molar-refractivity contribution in [3.8, 4) is 0 Å². The van der Waals surface area contributed by atoms with Crippen molar-refractivity contribution in [1.29, 1.82) is 0 Å². The second kappa shape index (κ2) is 3.66. The highest BCUT2D eigenvalue weighted by molar-refractivity contribution is 6.31. The summed E-state index contributed by atoms with van der Waals surface area (Å²) in [4.78, 5) is 2.15. The van der Waals surface area contributed by atoms with Gasteiger partial charge in [0.2, 0.25) is 0 Å². The minimum absolute atomic E-state index is 0.0358. The fourth-order valence-electron chi connectivity index (χ4n) is 1.56. The number of hydrogen-bond donors (Lipinski definition) is 0. The maximum absolute atomic E-state index is 6.06. The lowest BCUT2D eigenvalue weighted by Crippen LogP contribution is -2.18. The van der Waals surface area contributed by atoms with E-state index in [1.54, 1.807) is 0 Å². The van der Waals surface area contributed by atoms with Crippen molar-refractivity contribution in [3.63, 3.8) is 0 Å². The molecule has 3 heteroatoms. The summed E-state index contributed by atoms with van der Waals surface area (Å²) in [6, 6.07) is 7.82. The van der Waals surface area contributed by atoms with Gasteiger partial charge >= 0.3 is 0 Å². The van der Waals surface area contributed by atoms with Crippen molar-refractivity contribution in [3.05, 3.63) is 34.9 Å². The molecule has 0 unspecified atom stereocenters. The average molecular weight is 198 g/mol. The molecule has 0 N–H and O–H groups in total. The van der Waals surface area contributed by atoms with Gasteiger partial charge in [-0.2, -0.15) is 0 Å². The highest BCUT2D eigenvalue weighted by atomic mass is 35.5. The molecule has 1 heterocycles. The Hall–Kier alpha value is -0.570. The fraction of sp³-hybridized carbons (Fsp3) is 0.400. The molecule has 1 saturated heterocycles. The van der Waals surface area contributed by atoms with Crippen LogP contribution in [0.4, 0.5) is 0 Å². The third kappa shape index (κ3) is 1.70. The first-order valence-corrected chi connectivity index (χ1v) is 4.73. The number of likely N-dealkylation sites (N-methyl/N-ethyl adjacent to an activating group) is 1. The minimum atomic E-state index is 0.0358. The van der Waals surface area contributed by atoms with E-state index in [1.165, 1.54) is 0 Å². The monoisotopic (exact) mass is 197 g/mol. The number of halogens is 1. The summed E-state index contributed by atoms with van der Waals surface area (Å²) in [5.74, 6) is 0. The molecule has 0 saturated carbocycles. The van der Waals surface area contributed by atoms with Gasteiger partial charge in [-0.25, -0.2) is 0 Å². The highest BCUT2D eigenvalue weighted by Crippen LogP contribution is 2.30. The number of benzene rings is 1. The van der Waals surface area contributed by atoms with Crippen molar-refractivity contribution < 1.29 is 4.74 Å². The zero-order valence-corrected chi connectivity index (χ0v) is 8.29. The molecule has 1 aliphatic heterocycles. The van der Waals surface area contributed by atoms with Gasteiger partial charge in [-0.15, -0.1) is 0 Å². The van der Waals surface area contributed by atoms with Crippen LogP contribution in [-0.4, -0.2) is 25.1 Å². The molecular weight excluding hydrogens is 186 g/mol. The Bertz CT molecular complexity index is 303. The standard InChI is InChI=1S/C10H12ClNO/c1-12-6-7-13-10(12)8-4-2-3-5-9(8)11/h2-5,10H,6-7H2,1H3/t10-/m0/s1. The first-order valence-electron chi connectivity index (χ1n) is 4.35. The van der Waals surface area contributed by atoms with Crippen LogP contribution >= 0.6 is 11.6 Å². The third-order valence-corrected chi connectivity index (χ3v) is 2.64. The second-order valence-corrected chi connectivity index (χ2v) is 3.63. The Labute approximate surface area is 83.1 Å². The first kappa shape index (κ1) is 9.00. The van der Waals surface area contributed by atoms with Crippen molar-refractivity contribution >= 4 is 11.6 Å². The van der Waals surface area contributed by atoms with Crippen LogP contribution in [0.25, 0.3) is 0 Å². The molecule has 1 aromatic carbocycles. The Balaban J connectivity index is 2.29. The molecule has 1 fully saturated rings. The predicted molar refractivity (Wildman–Crippen MR) is 52.8 cm³/mol. The van der Waals surface area contributed by atoms with Gasteiger partial charge in [0, 0.05) is 17.1 Å². The fourth-order valence-corrected chi connectivity index (χ4v) is 1.78. The molecule has 0 bridgehead atoms. The summed E-state index contributed by atoms with van der Waals surface area (Å²) in [6.45, 7) is 1.75. The summed E-state index contributed by atoms with van der Waals surface area (Å²) in [5.41, 5.74) is 1.06. The Kier molecular flexibility index (Phi) is 2.54. The molecule has 0 aromatic heterocycles. The van der Waals surface area contributed by atoms with Crippen LogP contribution in [0.1, 0.15) is 11.8 Å². The van der Waals surface area contributed by atoms with Crippen molar-refractivity contribution in [1.82, 2.24) is 4.90 Å². The smallest absolute Gasteiger partial charge is 0.138 e. The average Bonchev–Trinajstić information content (AvgIpc) is 2.52. The summed E-state index contributed by atoms with van der Waals surface area (Å²) in [7, 11) is 2.04. The summed E-state index contributed by atoms with van der Waals surface area (Å²) in [6.07, 6.45) is 0.0358. The molecule has 1 aliphatic rings. The number of ether oxygens (including phenoxy) is 1. The maximum atomic E-state index is 6.06. The predicted octanol–water partition coefficient (Wildman–Crippen LogP) is 2.30. The van der Waals surface area contributed by atoms with Gasteiger partial charge in [-0.1, -0.05) is 29.8 Å². The van der Waals surface area contributed by atoms with Gasteiger partial charge in [0.05, 0.1) is 6.61 Å². The molecule has 0 spiro atoms. The quantitative estimate of drug-likeness (QED) is 0.685. The maximum Gasteiger partial charge on any atom is 0.138 e. The van der Waals surface area contributed by atoms with Crippen LogP contribution in [0.3, 0.4) is 0 Å². The number of rotatable bonds is 1. The van der Waals surface area contributed by atoms with Gasteiger partial charge in [0.25, 0.3) is 0 Å². The van der Waals surface area contributed by atoms with Gasteiger partial charge in [-0.3, -0.25) is 4.90 Å². The van der Waals surface area contributed by atoms with Crippen LogP contribution in [0.15, 0.2) is 24.3 Å². The lowest BCUT2D eigenvalue weighted by molar-refractivity contribution is 0.0454. The Morgan fingerprint density at radius 1 is 1.46 bits per heavy atom. The molecule has 2 nitrogen and oxygen atoms in total. The molecule has 0 amide bonds. The van der Waals surface area contributed by atoms with Gasteiger partial charge in [0.1, 0.15) is 6.23 Å². The van der Waals surface area contributed by atoms with Crippen LogP contribution in [0.2, 0.25) is 5.02 Å². The number of nitrogens with zero attached hydrogens (tertiary/aromatic N) is 1. The molecule has 0 aliphatic carbocycles. The van der Waals surface area contributed by atoms with E-state index in [0.717, 1.165) is 23.7 Å². The number of hydrogen-bond acceptors (Lipinski definition) is 2. The van der Waals surface area contributed by atoms with Crippen molar-refractivity contribution in [2.24, 2.45) is 0 Å². The first-order chi connectivity index (χ1) is 6.29. The topological polar surface area (TPSA) is 12.5 Å². The lowest BCUT2D eigenvalue weighted by atomic mass is 10.2. The summed E-state index contributed by atoms with van der Waals surface area (Å²) >= 11 is 6.06. The van der Waals surface area contributed by atoms with Gasteiger partial charge in [-0.05, 0) is 13.1 Å². The van der Waals surface area contributed by atoms with E-state index in [2.05, 4.69) is 4.90 Å². The van der Waals surface area contributed by atoms with Crippen LogP contribution in [-0.2, 0) is 4.74 Å². The van der Waals surface area contributed by atoms with E-state index in [0.29, 0.717) is 0 Å². The van der Waals surface area contributed by atoms with E-state index < -0.39 is 0 Å². The molecule has 0 radical (unpaired) electrons. The third-order valence-electron chi connectivity index (χ3n) is 2.29. The van der Waals surface area contributed by atoms with Crippen molar-refractivity contribution in [2.75, 3.05) is 20.2 Å². The Morgan fingerprint density at radius 3 is 2.85 bits per heavy atom. The van der Waals surface area contributed by atoms with E-state index >= 15 is 0 Å². The molecule has 1 aromatic rings. The normalized spacial score (nSPS) is 23.7. The van der Waals surface area contributed by atoms with Crippen LogP contribution < -0.4 is 0 Å². The summed E-state index contributed by atoms with van der Waals surface area (Å²) < 4.78 is 5.57. The van der Waals surface area contributed by atoms with E-state index in [-0.39, 0.29) is 6.23 Å². The van der Waals surface area contributed by atoms with Crippen LogP contribution in [0.5, 0.6) is 0 Å². The van der Waals surface area contributed by atoms with Gasteiger partial charge in [0.15, 0.2) is 0 Å². The van der Waals surface area contributed by atoms with E-state index in [9.17, 15) is 0 Å². The molecule has 70 valence electrons. The Morgan fingerprint density at radius 2 is 2.23 bits per heavy atom. The highest BCUT2D eigenvalue weighted by Gasteiger charge is 2.24. The molecular formula is C10H12ClNO. The minimum Gasteiger partial charge on any atom is -0.357 e. The van der Waals surface area contributed by atoms with Crippen molar-refractivity contribution in [2.45, 2.75) is 6.23 Å². The SMILES string of the molecule is CN1CCO[C@H]1c1ccccc1Cl. The molecule has 13 heavy (non-hydrogen) atoms. The molecule has 2 rings (SSSR count). The van der Waals surface area contributed by atoms with Gasteiger partial charge < -0.3 is 4.74 Å². The zero-order valence-electron chi connectivity index (χ0n) is 7.53. The molecule has 1 atom stereocenters. The zero-order chi connectivity index (χ0) is 9.26. The largest absolute Gasteiger partial charge is 0.357 e. The van der Waals surface area contributed by atoms with Crippen LogP contribution in [0, 0.1) is 0 Å².